The lowest BCUT2D eigenvalue weighted by Gasteiger charge is -2.36. The third kappa shape index (κ3) is 3.47. The Morgan fingerprint density at radius 2 is 1.95 bits per heavy atom. The lowest BCUT2D eigenvalue weighted by Crippen LogP contribution is -2.49. The number of amides is 1. The predicted molar refractivity (Wildman–Crippen MR) is 78.4 cm³/mol. The first-order valence-electron chi connectivity index (χ1n) is 6.95. The number of hydrogen-bond acceptors (Lipinski definition) is 3. The Morgan fingerprint density at radius 1 is 1.26 bits per heavy atom. The van der Waals surface area contributed by atoms with Crippen LogP contribution in [0.15, 0.2) is 18.2 Å². The number of benzene rings is 1. The fraction of sp³-hybridized carbons (Fsp3) is 0.533. The molecular weight excluding hydrogens is 238 g/mol. The van der Waals surface area contributed by atoms with E-state index >= 15 is 0 Å². The van der Waals surface area contributed by atoms with E-state index in [1.165, 1.54) is 16.8 Å². The summed E-state index contributed by atoms with van der Waals surface area (Å²) in [6, 6.07) is 6.70. The van der Waals surface area contributed by atoms with Crippen molar-refractivity contribution in [2.75, 3.05) is 37.6 Å². The molecule has 1 heterocycles. The molecule has 2 rings (SSSR count). The van der Waals surface area contributed by atoms with Gasteiger partial charge in [-0.05, 0) is 30.5 Å². The van der Waals surface area contributed by atoms with Crippen LogP contribution in [0, 0.1) is 6.92 Å². The first-order valence-corrected chi connectivity index (χ1v) is 6.95. The maximum absolute atomic E-state index is 10.9. The molecule has 1 aliphatic heterocycles. The van der Waals surface area contributed by atoms with Gasteiger partial charge in [-0.25, -0.2) is 0 Å². The van der Waals surface area contributed by atoms with Crippen LogP contribution in [0.25, 0.3) is 0 Å². The number of hydrogen-bond donors (Lipinski definition) is 1. The summed E-state index contributed by atoms with van der Waals surface area (Å²) >= 11 is 0. The zero-order chi connectivity index (χ0) is 13.8. The number of primary amides is 1. The van der Waals surface area contributed by atoms with Gasteiger partial charge in [-0.3, -0.25) is 9.69 Å². The summed E-state index contributed by atoms with van der Waals surface area (Å²) in [4.78, 5) is 15.4. The minimum absolute atomic E-state index is 0.239. The van der Waals surface area contributed by atoms with Crippen molar-refractivity contribution in [2.24, 2.45) is 5.73 Å². The first-order chi connectivity index (χ1) is 9.10. The third-order valence-electron chi connectivity index (χ3n) is 3.76. The maximum Gasteiger partial charge on any atom is 0.231 e. The molecule has 0 aromatic heterocycles. The van der Waals surface area contributed by atoms with Gasteiger partial charge in [0.2, 0.25) is 5.91 Å². The Hall–Kier alpha value is -1.55. The second-order valence-electron chi connectivity index (χ2n) is 5.20. The van der Waals surface area contributed by atoms with E-state index in [-0.39, 0.29) is 5.91 Å². The molecule has 1 aliphatic rings. The van der Waals surface area contributed by atoms with Crippen LogP contribution in [-0.2, 0) is 11.2 Å². The topological polar surface area (TPSA) is 49.6 Å². The standard InChI is InChI=1S/C15H23N3O/c1-3-13-4-5-14(12(2)10-13)18-8-6-17(7-9-18)11-15(16)19/h4-5,10H,3,6-9,11H2,1-2H3,(H2,16,19). The molecule has 0 spiro atoms. The molecule has 104 valence electrons. The van der Waals surface area contributed by atoms with Gasteiger partial charge in [0.25, 0.3) is 0 Å². The van der Waals surface area contributed by atoms with Crippen LogP contribution in [0.5, 0.6) is 0 Å². The Labute approximate surface area is 115 Å². The van der Waals surface area contributed by atoms with E-state index in [0.29, 0.717) is 6.54 Å². The number of nitrogens with two attached hydrogens (primary N) is 1. The van der Waals surface area contributed by atoms with Crippen molar-refractivity contribution in [1.29, 1.82) is 0 Å². The van der Waals surface area contributed by atoms with Crippen LogP contribution in [0.2, 0.25) is 0 Å². The number of nitrogens with zero attached hydrogens (tertiary/aromatic N) is 2. The third-order valence-corrected chi connectivity index (χ3v) is 3.76. The Morgan fingerprint density at radius 3 is 2.47 bits per heavy atom. The lowest BCUT2D eigenvalue weighted by atomic mass is 10.1. The number of carbonyl (C=O) groups is 1. The average molecular weight is 261 g/mol. The van der Waals surface area contributed by atoms with Crippen molar-refractivity contribution in [2.45, 2.75) is 20.3 Å². The van der Waals surface area contributed by atoms with E-state index < -0.39 is 0 Å². The zero-order valence-electron chi connectivity index (χ0n) is 11.9. The molecule has 1 fully saturated rings. The van der Waals surface area contributed by atoms with Crippen molar-refractivity contribution < 1.29 is 4.79 Å². The fourth-order valence-electron chi connectivity index (χ4n) is 2.66. The quantitative estimate of drug-likeness (QED) is 0.885. The average Bonchev–Trinajstić information content (AvgIpc) is 2.39. The van der Waals surface area contributed by atoms with Gasteiger partial charge < -0.3 is 10.6 Å². The molecule has 1 amide bonds. The second kappa shape index (κ2) is 6.06. The number of carbonyl (C=O) groups excluding carboxylic acids is 1. The van der Waals surface area contributed by atoms with Crippen molar-refractivity contribution in [3.8, 4) is 0 Å². The first kappa shape index (κ1) is 13.9. The van der Waals surface area contributed by atoms with Crippen LogP contribution in [0.3, 0.4) is 0 Å². The van der Waals surface area contributed by atoms with Crippen molar-refractivity contribution in [1.82, 2.24) is 4.90 Å². The second-order valence-corrected chi connectivity index (χ2v) is 5.20. The Kier molecular flexibility index (Phi) is 4.43. The summed E-state index contributed by atoms with van der Waals surface area (Å²) in [5.74, 6) is -0.239. The summed E-state index contributed by atoms with van der Waals surface area (Å²) in [6.07, 6.45) is 1.08. The molecule has 4 nitrogen and oxygen atoms in total. The molecule has 1 saturated heterocycles. The summed E-state index contributed by atoms with van der Waals surface area (Å²) in [6.45, 7) is 8.44. The Balaban J connectivity index is 1.99. The van der Waals surface area contributed by atoms with Crippen molar-refractivity contribution >= 4 is 11.6 Å². The molecule has 0 unspecified atom stereocenters. The van der Waals surface area contributed by atoms with Gasteiger partial charge in [-0.1, -0.05) is 19.1 Å². The molecule has 4 heteroatoms. The van der Waals surface area contributed by atoms with Crippen LogP contribution >= 0.6 is 0 Å². The molecule has 1 aromatic rings. The van der Waals surface area contributed by atoms with Crippen LogP contribution in [0.4, 0.5) is 5.69 Å². The zero-order valence-corrected chi connectivity index (χ0v) is 11.9. The van der Waals surface area contributed by atoms with E-state index in [0.717, 1.165) is 32.6 Å². The van der Waals surface area contributed by atoms with Crippen LogP contribution in [0.1, 0.15) is 18.1 Å². The van der Waals surface area contributed by atoms with Crippen LogP contribution < -0.4 is 10.6 Å². The highest BCUT2D eigenvalue weighted by molar-refractivity contribution is 5.76. The molecule has 2 N–H and O–H groups in total. The molecule has 19 heavy (non-hydrogen) atoms. The van der Waals surface area contributed by atoms with Crippen molar-refractivity contribution in [3.05, 3.63) is 29.3 Å². The fourth-order valence-corrected chi connectivity index (χ4v) is 2.66. The largest absolute Gasteiger partial charge is 0.369 e. The SMILES string of the molecule is CCc1ccc(N2CCN(CC(N)=O)CC2)c(C)c1. The van der Waals surface area contributed by atoms with E-state index in [2.05, 4.69) is 41.8 Å². The van der Waals surface area contributed by atoms with Gasteiger partial charge in [0, 0.05) is 31.9 Å². The molecule has 0 bridgehead atoms. The maximum atomic E-state index is 10.9. The minimum atomic E-state index is -0.239. The molecule has 0 atom stereocenters. The van der Waals surface area contributed by atoms with E-state index in [1.807, 2.05) is 0 Å². The van der Waals surface area contributed by atoms with E-state index in [4.69, 9.17) is 5.73 Å². The van der Waals surface area contributed by atoms with E-state index in [9.17, 15) is 4.79 Å². The number of rotatable bonds is 4. The molecule has 0 aliphatic carbocycles. The molecule has 0 radical (unpaired) electrons. The van der Waals surface area contributed by atoms with Gasteiger partial charge in [-0.15, -0.1) is 0 Å². The molecule has 0 saturated carbocycles. The van der Waals surface area contributed by atoms with Crippen molar-refractivity contribution in [3.63, 3.8) is 0 Å². The summed E-state index contributed by atoms with van der Waals surface area (Å²) in [7, 11) is 0. The van der Waals surface area contributed by atoms with Gasteiger partial charge in [-0.2, -0.15) is 0 Å². The molecule has 1 aromatic carbocycles. The smallest absolute Gasteiger partial charge is 0.231 e. The summed E-state index contributed by atoms with van der Waals surface area (Å²) < 4.78 is 0. The summed E-state index contributed by atoms with van der Waals surface area (Å²) in [5, 5.41) is 0. The van der Waals surface area contributed by atoms with Gasteiger partial charge >= 0.3 is 0 Å². The minimum Gasteiger partial charge on any atom is -0.369 e. The predicted octanol–water partition coefficient (Wildman–Crippen LogP) is 1.16. The highest BCUT2D eigenvalue weighted by atomic mass is 16.1. The van der Waals surface area contributed by atoms with Gasteiger partial charge in [0.15, 0.2) is 0 Å². The van der Waals surface area contributed by atoms with Gasteiger partial charge in [0.05, 0.1) is 6.54 Å². The highest BCUT2D eigenvalue weighted by Gasteiger charge is 2.19. The monoisotopic (exact) mass is 261 g/mol. The number of anilines is 1. The normalized spacial score (nSPS) is 16.6. The number of aryl methyl sites for hydroxylation is 2. The highest BCUT2D eigenvalue weighted by Crippen LogP contribution is 2.22. The van der Waals surface area contributed by atoms with Crippen LogP contribution in [-0.4, -0.2) is 43.5 Å². The lowest BCUT2D eigenvalue weighted by molar-refractivity contribution is -0.119. The number of piperazine rings is 1. The van der Waals surface area contributed by atoms with Gasteiger partial charge in [0.1, 0.15) is 0 Å². The summed E-state index contributed by atoms with van der Waals surface area (Å²) in [5.41, 5.74) is 9.27. The molecular formula is C15H23N3O. The Bertz CT molecular complexity index is 451. The van der Waals surface area contributed by atoms with E-state index in [1.54, 1.807) is 0 Å².